The lowest BCUT2D eigenvalue weighted by atomic mass is 9.96. The lowest BCUT2D eigenvalue weighted by Crippen LogP contribution is -2.46. The third-order valence-corrected chi connectivity index (χ3v) is 7.39. The zero-order valence-electron chi connectivity index (χ0n) is 18.3. The molecule has 2 heterocycles. The third-order valence-electron chi connectivity index (χ3n) is 7.39. The van der Waals surface area contributed by atoms with Crippen molar-refractivity contribution in [3.8, 4) is 0 Å². The highest BCUT2D eigenvalue weighted by Gasteiger charge is 2.37. The number of benzene rings is 2. The van der Waals surface area contributed by atoms with Gasteiger partial charge in [-0.05, 0) is 61.6 Å². The molecule has 2 aromatic carbocycles. The first kappa shape index (κ1) is 20.3. The smallest absolute Gasteiger partial charge is 0.258 e. The van der Waals surface area contributed by atoms with Crippen molar-refractivity contribution in [2.75, 3.05) is 31.6 Å². The molecule has 0 aromatic heterocycles. The van der Waals surface area contributed by atoms with E-state index in [0.717, 1.165) is 55.3 Å². The maximum atomic E-state index is 13.3. The van der Waals surface area contributed by atoms with E-state index >= 15 is 0 Å². The third kappa shape index (κ3) is 3.87. The Bertz CT molecular complexity index is 968. The molecule has 5 rings (SSSR count). The molecule has 0 unspecified atom stereocenters. The average Bonchev–Trinajstić information content (AvgIpc) is 3.51. The number of likely N-dealkylation sites (tertiary alicyclic amines) is 1. The largest absolute Gasteiger partial charge is 0.334 e. The minimum Gasteiger partial charge on any atom is -0.334 e. The number of hydrogen-bond acceptors (Lipinski definition) is 3. The summed E-state index contributed by atoms with van der Waals surface area (Å²) in [4.78, 5) is 32.5. The predicted molar refractivity (Wildman–Crippen MR) is 123 cm³/mol. The van der Waals surface area contributed by atoms with Crippen LogP contribution in [-0.2, 0) is 6.42 Å². The number of nitrogens with zero attached hydrogens (tertiary/aromatic N) is 3. The van der Waals surface area contributed by atoms with E-state index < -0.39 is 0 Å². The second-order valence-electron chi connectivity index (χ2n) is 9.20. The SMILES string of the molecule is CN(C(=O)c1ccccc1)c1ccc2c(c1)CCN([C@@H]1CCN(C3CCCC3)C1)C2=O. The van der Waals surface area contributed by atoms with Gasteiger partial charge in [0.05, 0.1) is 0 Å². The lowest BCUT2D eigenvalue weighted by molar-refractivity contribution is 0.0658. The number of carbonyl (C=O) groups excluding carboxylic acids is 2. The van der Waals surface area contributed by atoms with Crippen LogP contribution in [0.5, 0.6) is 0 Å². The maximum Gasteiger partial charge on any atom is 0.258 e. The Kier molecular flexibility index (Phi) is 5.53. The van der Waals surface area contributed by atoms with Crippen LogP contribution in [0.4, 0.5) is 5.69 Å². The zero-order chi connectivity index (χ0) is 21.4. The summed E-state index contributed by atoms with van der Waals surface area (Å²) in [6, 6.07) is 16.2. The molecule has 0 radical (unpaired) electrons. The highest BCUT2D eigenvalue weighted by molar-refractivity contribution is 6.06. The van der Waals surface area contributed by atoms with Crippen molar-refractivity contribution in [2.45, 2.75) is 50.6 Å². The molecule has 31 heavy (non-hydrogen) atoms. The van der Waals surface area contributed by atoms with Gasteiger partial charge in [-0.25, -0.2) is 0 Å². The van der Waals surface area contributed by atoms with Gasteiger partial charge in [-0.1, -0.05) is 31.0 Å². The first-order chi connectivity index (χ1) is 15.1. The number of hydrogen-bond donors (Lipinski definition) is 0. The summed E-state index contributed by atoms with van der Waals surface area (Å²) in [6.45, 7) is 2.92. The van der Waals surface area contributed by atoms with E-state index in [1.165, 1.54) is 25.7 Å². The lowest BCUT2D eigenvalue weighted by Gasteiger charge is -2.34. The Morgan fingerprint density at radius 1 is 0.968 bits per heavy atom. The molecular weight excluding hydrogens is 386 g/mol. The standard InChI is InChI=1S/C26H31N3O2/c1-27(25(30)19-7-3-2-4-8-19)22-11-12-24-20(17-22)13-16-29(26(24)31)23-14-15-28(18-23)21-9-5-6-10-21/h2-4,7-8,11-12,17,21,23H,5-6,9-10,13-16,18H2,1H3/t23-/m1/s1. The minimum absolute atomic E-state index is 0.0396. The van der Waals surface area contributed by atoms with Crippen molar-refractivity contribution in [3.05, 3.63) is 65.2 Å². The van der Waals surface area contributed by atoms with Gasteiger partial charge in [-0.3, -0.25) is 14.5 Å². The molecule has 3 aliphatic rings. The highest BCUT2D eigenvalue weighted by Crippen LogP contribution is 2.31. The molecule has 5 heteroatoms. The predicted octanol–water partition coefficient (Wildman–Crippen LogP) is 3.98. The van der Waals surface area contributed by atoms with E-state index in [-0.39, 0.29) is 11.8 Å². The number of rotatable bonds is 4. The van der Waals surface area contributed by atoms with E-state index in [9.17, 15) is 9.59 Å². The Hall–Kier alpha value is -2.66. The Labute approximate surface area is 184 Å². The molecule has 2 amide bonds. The van der Waals surface area contributed by atoms with Gasteiger partial charge in [-0.15, -0.1) is 0 Å². The van der Waals surface area contributed by atoms with Crippen molar-refractivity contribution in [3.63, 3.8) is 0 Å². The maximum absolute atomic E-state index is 13.3. The fourth-order valence-electron chi connectivity index (χ4n) is 5.56. The molecule has 5 nitrogen and oxygen atoms in total. The van der Waals surface area contributed by atoms with Gasteiger partial charge in [0, 0.05) is 55.6 Å². The zero-order valence-corrected chi connectivity index (χ0v) is 18.3. The van der Waals surface area contributed by atoms with E-state index in [1.807, 2.05) is 48.5 Å². The van der Waals surface area contributed by atoms with Crippen LogP contribution in [0.2, 0.25) is 0 Å². The number of fused-ring (bicyclic) bond motifs is 1. The van der Waals surface area contributed by atoms with Crippen molar-refractivity contribution in [1.82, 2.24) is 9.80 Å². The molecule has 1 saturated carbocycles. The van der Waals surface area contributed by atoms with Gasteiger partial charge in [0.15, 0.2) is 0 Å². The molecule has 1 atom stereocenters. The van der Waals surface area contributed by atoms with E-state index in [1.54, 1.807) is 11.9 Å². The summed E-state index contributed by atoms with van der Waals surface area (Å²) in [5.74, 6) is 0.116. The topological polar surface area (TPSA) is 43.9 Å². The average molecular weight is 418 g/mol. The normalized spacial score (nSPS) is 22.0. The Balaban J connectivity index is 1.29. The molecule has 1 saturated heterocycles. The van der Waals surface area contributed by atoms with Gasteiger partial charge in [0.1, 0.15) is 0 Å². The summed E-state index contributed by atoms with van der Waals surface area (Å²) in [6.07, 6.45) is 7.28. The van der Waals surface area contributed by atoms with E-state index in [2.05, 4.69) is 9.80 Å². The number of anilines is 1. The molecule has 2 aromatic rings. The van der Waals surface area contributed by atoms with Crippen molar-refractivity contribution >= 4 is 17.5 Å². The van der Waals surface area contributed by atoms with Crippen LogP contribution in [0, 0.1) is 0 Å². The quantitative estimate of drug-likeness (QED) is 0.756. The van der Waals surface area contributed by atoms with Gasteiger partial charge in [0.2, 0.25) is 0 Å². The minimum atomic E-state index is -0.0396. The van der Waals surface area contributed by atoms with Crippen molar-refractivity contribution < 1.29 is 9.59 Å². The first-order valence-corrected chi connectivity index (χ1v) is 11.6. The molecule has 2 fully saturated rings. The highest BCUT2D eigenvalue weighted by atomic mass is 16.2. The molecule has 0 spiro atoms. The molecule has 1 aliphatic carbocycles. The second kappa shape index (κ2) is 8.46. The van der Waals surface area contributed by atoms with Gasteiger partial charge < -0.3 is 9.80 Å². The molecular formula is C26H31N3O2. The van der Waals surface area contributed by atoms with Crippen LogP contribution < -0.4 is 4.90 Å². The Morgan fingerprint density at radius 3 is 2.52 bits per heavy atom. The van der Waals surface area contributed by atoms with Crippen molar-refractivity contribution in [2.24, 2.45) is 0 Å². The van der Waals surface area contributed by atoms with E-state index in [4.69, 9.17) is 0 Å². The summed E-state index contributed by atoms with van der Waals surface area (Å²) in [7, 11) is 1.80. The van der Waals surface area contributed by atoms with Gasteiger partial charge in [-0.2, -0.15) is 0 Å². The summed E-state index contributed by atoms with van der Waals surface area (Å²) < 4.78 is 0. The van der Waals surface area contributed by atoms with Crippen LogP contribution in [-0.4, -0.2) is 60.4 Å². The molecule has 2 aliphatic heterocycles. The van der Waals surface area contributed by atoms with Crippen LogP contribution in [0.15, 0.2) is 48.5 Å². The van der Waals surface area contributed by atoms with E-state index in [0.29, 0.717) is 11.6 Å². The van der Waals surface area contributed by atoms with Gasteiger partial charge >= 0.3 is 0 Å². The fraction of sp³-hybridized carbons (Fsp3) is 0.462. The van der Waals surface area contributed by atoms with Gasteiger partial charge in [0.25, 0.3) is 11.8 Å². The fourth-order valence-corrected chi connectivity index (χ4v) is 5.56. The molecule has 0 bridgehead atoms. The molecule has 0 N–H and O–H groups in total. The second-order valence-corrected chi connectivity index (χ2v) is 9.20. The Morgan fingerprint density at radius 2 is 1.74 bits per heavy atom. The summed E-state index contributed by atoms with van der Waals surface area (Å²) in [5.41, 5.74) is 3.35. The van der Waals surface area contributed by atoms with Crippen LogP contribution in [0.1, 0.15) is 58.4 Å². The van der Waals surface area contributed by atoms with Crippen LogP contribution in [0.25, 0.3) is 0 Å². The number of amides is 2. The summed E-state index contributed by atoms with van der Waals surface area (Å²) >= 11 is 0. The van der Waals surface area contributed by atoms with Crippen LogP contribution in [0.3, 0.4) is 0 Å². The van der Waals surface area contributed by atoms with Crippen molar-refractivity contribution in [1.29, 1.82) is 0 Å². The number of carbonyl (C=O) groups is 2. The van der Waals surface area contributed by atoms with Crippen LogP contribution >= 0.6 is 0 Å². The first-order valence-electron chi connectivity index (χ1n) is 11.6. The molecule has 162 valence electrons. The summed E-state index contributed by atoms with van der Waals surface area (Å²) in [5, 5.41) is 0. The monoisotopic (exact) mass is 417 g/mol.